The van der Waals surface area contributed by atoms with Gasteiger partial charge in [0.25, 0.3) is 0 Å². The van der Waals surface area contributed by atoms with Gasteiger partial charge >= 0.3 is 0 Å². The standard InChI is InChI=1S/C25H32Cl2N2O2/c1-14-9-22(30)18(16(3)24(14)26)11-28-13-29(21-8-6-5-7-20(21)28)12-19-17(4)25(27)15(2)10-23(19)31/h9-10,20-21,30-31H,5-8,11-13H2,1-4H3/t20-,21-/m1/s1. The lowest BCUT2D eigenvalue weighted by atomic mass is 9.89. The first-order valence-electron chi connectivity index (χ1n) is 11.1. The fourth-order valence-electron chi connectivity index (χ4n) is 5.48. The van der Waals surface area contributed by atoms with E-state index in [1.807, 2.05) is 27.7 Å². The van der Waals surface area contributed by atoms with Gasteiger partial charge in [0.15, 0.2) is 0 Å². The average molecular weight is 463 g/mol. The van der Waals surface area contributed by atoms with Crippen molar-refractivity contribution >= 4 is 23.2 Å². The zero-order chi connectivity index (χ0) is 22.4. The molecule has 0 unspecified atom stereocenters. The fraction of sp³-hybridized carbons (Fsp3) is 0.520. The Morgan fingerprint density at radius 2 is 1.16 bits per heavy atom. The number of rotatable bonds is 4. The van der Waals surface area contributed by atoms with Crippen molar-refractivity contribution in [2.24, 2.45) is 0 Å². The first kappa shape index (κ1) is 22.7. The van der Waals surface area contributed by atoms with E-state index in [1.54, 1.807) is 12.1 Å². The molecule has 1 saturated carbocycles. The molecule has 2 fully saturated rings. The van der Waals surface area contributed by atoms with E-state index in [0.717, 1.165) is 62.9 Å². The normalized spacial score (nSPS) is 22.1. The molecule has 4 nitrogen and oxygen atoms in total. The van der Waals surface area contributed by atoms with Gasteiger partial charge in [0.1, 0.15) is 11.5 Å². The van der Waals surface area contributed by atoms with Gasteiger partial charge in [-0.3, -0.25) is 9.80 Å². The van der Waals surface area contributed by atoms with Crippen molar-refractivity contribution in [3.8, 4) is 11.5 Å². The molecule has 1 aliphatic heterocycles. The molecule has 4 rings (SSSR count). The summed E-state index contributed by atoms with van der Waals surface area (Å²) in [6, 6.07) is 4.42. The molecule has 0 aromatic heterocycles. The number of nitrogens with zero attached hydrogens (tertiary/aromatic N) is 2. The number of halogens is 2. The van der Waals surface area contributed by atoms with Crippen LogP contribution in [0.5, 0.6) is 11.5 Å². The Bertz CT molecular complexity index is 928. The van der Waals surface area contributed by atoms with E-state index < -0.39 is 0 Å². The third-order valence-electron chi connectivity index (χ3n) is 7.30. The maximum Gasteiger partial charge on any atom is 0.120 e. The number of phenols is 2. The molecule has 168 valence electrons. The molecule has 1 aliphatic carbocycles. The lowest BCUT2D eigenvalue weighted by Crippen LogP contribution is -2.39. The lowest BCUT2D eigenvalue weighted by Gasteiger charge is -2.33. The van der Waals surface area contributed by atoms with E-state index in [9.17, 15) is 10.2 Å². The summed E-state index contributed by atoms with van der Waals surface area (Å²) in [5, 5.41) is 22.7. The van der Waals surface area contributed by atoms with Crippen LogP contribution in [-0.2, 0) is 13.1 Å². The second-order valence-corrected chi connectivity index (χ2v) is 10.1. The van der Waals surface area contributed by atoms with Crippen molar-refractivity contribution in [1.29, 1.82) is 0 Å². The number of hydrogen-bond acceptors (Lipinski definition) is 4. The molecule has 31 heavy (non-hydrogen) atoms. The van der Waals surface area contributed by atoms with Crippen LogP contribution in [0.15, 0.2) is 12.1 Å². The minimum absolute atomic E-state index is 0.323. The molecule has 0 bridgehead atoms. The highest BCUT2D eigenvalue weighted by molar-refractivity contribution is 6.32. The van der Waals surface area contributed by atoms with Crippen molar-refractivity contribution < 1.29 is 10.2 Å². The lowest BCUT2D eigenvalue weighted by molar-refractivity contribution is 0.196. The van der Waals surface area contributed by atoms with Gasteiger partial charge in [0.2, 0.25) is 0 Å². The monoisotopic (exact) mass is 462 g/mol. The molecule has 2 aromatic rings. The van der Waals surface area contributed by atoms with Crippen molar-refractivity contribution in [3.63, 3.8) is 0 Å². The van der Waals surface area contributed by atoms with Gasteiger partial charge in [-0.2, -0.15) is 0 Å². The molecule has 2 N–H and O–H groups in total. The van der Waals surface area contributed by atoms with Crippen LogP contribution in [0, 0.1) is 27.7 Å². The largest absolute Gasteiger partial charge is 0.508 e. The molecule has 2 aromatic carbocycles. The average Bonchev–Trinajstić information content (AvgIpc) is 3.08. The Balaban J connectivity index is 1.62. The van der Waals surface area contributed by atoms with Gasteiger partial charge in [-0.05, 0) is 74.9 Å². The summed E-state index contributed by atoms with van der Waals surface area (Å²) in [5.74, 6) is 0.646. The first-order chi connectivity index (χ1) is 14.7. The molecule has 1 saturated heterocycles. The second-order valence-electron chi connectivity index (χ2n) is 9.31. The van der Waals surface area contributed by atoms with Crippen molar-refractivity contribution in [3.05, 3.63) is 55.6 Å². The summed E-state index contributed by atoms with van der Waals surface area (Å²) in [4.78, 5) is 4.94. The molecule has 2 aliphatic rings. The maximum absolute atomic E-state index is 10.6. The molecule has 0 amide bonds. The van der Waals surface area contributed by atoms with E-state index in [4.69, 9.17) is 23.2 Å². The Morgan fingerprint density at radius 3 is 1.55 bits per heavy atom. The Labute approximate surface area is 195 Å². The first-order valence-corrected chi connectivity index (χ1v) is 11.9. The number of benzene rings is 2. The topological polar surface area (TPSA) is 46.9 Å². The van der Waals surface area contributed by atoms with Gasteiger partial charge in [-0.1, -0.05) is 36.0 Å². The van der Waals surface area contributed by atoms with Crippen LogP contribution in [0.1, 0.15) is 59.1 Å². The molecule has 2 atom stereocenters. The SMILES string of the molecule is Cc1cc(O)c(CN2CN(Cc3c(O)cc(C)c(Cl)c3C)[C@@H]3CCCC[C@H]32)c(C)c1Cl. The zero-order valence-corrected chi connectivity index (χ0v) is 20.3. The maximum atomic E-state index is 10.6. The van der Waals surface area contributed by atoms with Crippen LogP contribution in [0.25, 0.3) is 0 Å². The number of phenolic OH excluding ortho intramolecular Hbond substituents is 2. The quantitative estimate of drug-likeness (QED) is 0.565. The number of hydrogen-bond donors (Lipinski definition) is 2. The van der Waals surface area contributed by atoms with Crippen LogP contribution in [0.2, 0.25) is 10.0 Å². The molecular weight excluding hydrogens is 431 g/mol. The zero-order valence-electron chi connectivity index (χ0n) is 18.8. The van der Waals surface area contributed by atoms with Crippen LogP contribution < -0.4 is 0 Å². The van der Waals surface area contributed by atoms with Crippen molar-refractivity contribution in [2.75, 3.05) is 6.67 Å². The van der Waals surface area contributed by atoms with E-state index in [0.29, 0.717) is 36.7 Å². The molecular formula is C25H32Cl2N2O2. The van der Waals surface area contributed by atoms with E-state index in [2.05, 4.69) is 9.80 Å². The molecule has 1 heterocycles. The van der Waals surface area contributed by atoms with Gasteiger partial charge in [0, 0.05) is 46.3 Å². The highest BCUT2D eigenvalue weighted by Crippen LogP contribution is 2.39. The Hall–Kier alpha value is -1.46. The predicted molar refractivity (Wildman–Crippen MR) is 127 cm³/mol. The minimum Gasteiger partial charge on any atom is -0.508 e. The van der Waals surface area contributed by atoms with E-state index >= 15 is 0 Å². The Kier molecular flexibility index (Phi) is 6.47. The number of fused-ring (bicyclic) bond motifs is 1. The van der Waals surface area contributed by atoms with Gasteiger partial charge < -0.3 is 10.2 Å². The van der Waals surface area contributed by atoms with Crippen LogP contribution in [0.4, 0.5) is 0 Å². The van der Waals surface area contributed by atoms with Gasteiger partial charge in [-0.15, -0.1) is 0 Å². The molecule has 0 spiro atoms. The number of aromatic hydroxyl groups is 2. The second kappa shape index (κ2) is 8.82. The summed E-state index contributed by atoms with van der Waals surface area (Å²) >= 11 is 13.0. The number of aryl methyl sites for hydroxylation is 2. The summed E-state index contributed by atoms with van der Waals surface area (Å²) < 4.78 is 0. The van der Waals surface area contributed by atoms with Gasteiger partial charge in [0.05, 0.1) is 6.67 Å². The summed E-state index contributed by atoms with van der Waals surface area (Å²) in [7, 11) is 0. The summed E-state index contributed by atoms with van der Waals surface area (Å²) in [6.07, 6.45) is 4.76. The highest BCUT2D eigenvalue weighted by Gasteiger charge is 2.41. The molecule has 6 heteroatoms. The molecule has 0 radical (unpaired) electrons. The van der Waals surface area contributed by atoms with Crippen LogP contribution in [-0.4, -0.2) is 38.8 Å². The fourth-order valence-corrected chi connectivity index (χ4v) is 5.82. The highest BCUT2D eigenvalue weighted by atomic mass is 35.5. The Morgan fingerprint density at radius 1 is 0.774 bits per heavy atom. The van der Waals surface area contributed by atoms with Gasteiger partial charge in [-0.25, -0.2) is 0 Å². The van der Waals surface area contributed by atoms with Crippen molar-refractivity contribution in [2.45, 2.75) is 78.6 Å². The smallest absolute Gasteiger partial charge is 0.120 e. The van der Waals surface area contributed by atoms with Crippen LogP contribution in [0.3, 0.4) is 0 Å². The minimum atomic E-state index is 0.323. The summed E-state index contributed by atoms with van der Waals surface area (Å²) in [5.41, 5.74) is 5.56. The third kappa shape index (κ3) is 4.16. The van der Waals surface area contributed by atoms with E-state index in [-0.39, 0.29) is 0 Å². The van der Waals surface area contributed by atoms with Crippen molar-refractivity contribution in [1.82, 2.24) is 9.80 Å². The predicted octanol–water partition coefficient (Wildman–Crippen LogP) is 6.22. The summed E-state index contributed by atoms with van der Waals surface area (Å²) in [6.45, 7) is 9.98. The van der Waals surface area contributed by atoms with Crippen LogP contribution >= 0.6 is 23.2 Å². The third-order valence-corrected chi connectivity index (χ3v) is 8.46. The van der Waals surface area contributed by atoms with E-state index in [1.165, 1.54) is 12.8 Å².